The first kappa shape index (κ1) is 17.6. The lowest BCUT2D eigenvalue weighted by atomic mass is 9.90. The second kappa shape index (κ2) is 9.46. The summed E-state index contributed by atoms with van der Waals surface area (Å²) in [7, 11) is 0. The van der Waals surface area contributed by atoms with Gasteiger partial charge in [0.2, 0.25) is 0 Å². The van der Waals surface area contributed by atoms with Gasteiger partial charge in [0.1, 0.15) is 0 Å². The van der Waals surface area contributed by atoms with Crippen LogP contribution in [-0.2, 0) is 0 Å². The standard InChI is InChI=1S/C16H31N3S/c1-6-9-10-13(7-2)11-14(17-8-3)16-15(12(4)5)18-19-20-16/h12-14,17H,6-11H2,1-5H3. The molecule has 1 N–H and O–H groups in total. The van der Waals surface area contributed by atoms with Crippen molar-refractivity contribution in [3.63, 3.8) is 0 Å². The van der Waals surface area contributed by atoms with Gasteiger partial charge in [-0.2, -0.15) is 0 Å². The van der Waals surface area contributed by atoms with E-state index in [4.69, 9.17) is 0 Å². The summed E-state index contributed by atoms with van der Waals surface area (Å²) in [5.74, 6) is 1.27. The van der Waals surface area contributed by atoms with Crippen molar-refractivity contribution in [3.05, 3.63) is 10.6 Å². The van der Waals surface area contributed by atoms with Gasteiger partial charge in [-0.25, -0.2) is 0 Å². The van der Waals surface area contributed by atoms with Crippen LogP contribution in [0.25, 0.3) is 0 Å². The van der Waals surface area contributed by atoms with Crippen LogP contribution in [0.1, 0.15) is 89.3 Å². The number of hydrogen-bond donors (Lipinski definition) is 1. The van der Waals surface area contributed by atoms with E-state index in [1.165, 1.54) is 42.7 Å². The summed E-state index contributed by atoms with van der Waals surface area (Å²) in [6.07, 6.45) is 6.47. The molecule has 0 aromatic carbocycles. The lowest BCUT2D eigenvalue weighted by Crippen LogP contribution is -2.24. The maximum Gasteiger partial charge on any atom is 0.0829 e. The highest BCUT2D eigenvalue weighted by atomic mass is 32.1. The predicted molar refractivity (Wildman–Crippen MR) is 88.3 cm³/mol. The Morgan fingerprint density at radius 3 is 2.50 bits per heavy atom. The molecule has 0 aliphatic heterocycles. The molecule has 0 saturated carbocycles. The third-order valence-electron chi connectivity index (χ3n) is 3.97. The summed E-state index contributed by atoms with van der Waals surface area (Å²) < 4.78 is 4.19. The molecule has 1 aromatic rings. The van der Waals surface area contributed by atoms with Crippen LogP contribution in [0.3, 0.4) is 0 Å². The van der Waals surface area contributed by atoms with Gasteiger partial charge in [-0.3, -0.25) is 0 Å². The van der Waals surface area contributed by atoms with Crippen LogP contribution >= 0.6 is 11.5 Å². The van der Waals surface area contributed by atoms with Crippen molar-refractivity contribution in [2.45, 2.75) is 78.7 Å². The largest absolute Gasteiger partial charge is 0.309 e. The van der Waals surface area contributed by atoms with Crippen molar-refractivity contribution in [2.24, 2.45) is 5.92 Å². The van der Waals surface area contributed by atoms with Crippen LogP contribution < -0.4 is 5.32 Å². The molecule has 1 heterocycles. The molecular weight excluding hydrogens is 266 g/mol. The van der Waals surface area contributed by atoms with E-state index in [1.807, 2.05) is 0 Å². The van der Waals surface area contributed by atoms with Gasteiger partial charge >= 0.3 is 0 Å². The first-order chi connectivity index (χ1) is 9.63. The second-order valence-electron chi connectivity index (χ2n) is 5.94. The van der Waals surface area contributed by atoms with Crippen molar-refractivity contribution in [2.75, 3.05) is 6.54 Å². The van der Waals surface area contributed by atoms with Crippen LogP contribution in [-0.4, -0.2) is 16.1 Å². The SMILES string of the molecule is CCCCC(CC)CC(NCC)c1snnc1C(C)C. The molecule has 0 bridgehead atoms. The Bertz CT molecular complexity index is 362. The normalized spacial score (nSPS) is 14.7. The van der Waals surface area contributed by atoms with E-state index in [0.717, 1.165) is 12.5 Å². The van der Waals surface area contributed by atoms with Gasteiger partial charge in [0.15, 0.2) is 0 Å². The van der Waals surface area contributed by atoms with Crippen LogP contribution in [0.5, 0.6) is 0 Å². The Morgan fingerprint density at radius 1 is 1.20 bits per heavy atom. The van der Waals surface area contributed by atoms with Gasteiger partial charge in [0.25, 0.3) is 0 Å². The molecule has 3 nitrogen and oxygen atoms in total. The number of aromatic nitrogens is 2. The molecule has 20 heavy (non-hydrogen) atoms. The summed E-state index contributed by atoms with van der Waals surface area (Å²) in [6.45, 7) is 12.2. The molecule has 0 saturated heterocycles. The highest BCUT2D eigenvalue weighted by molar-refractivity contribution is 7.05. The Kier molecular flexibility index (Phi) is 8.31. The van der Waals surface area contributed by atoms with E-state index in [0.29, 0.717) is 12.0 Å². The van der Waals surface area contributed by atoms with E-state index in [2.05, 4.69) is 49.5 Å². The Hall–Kier alpha value is -0.480. The summed E-state index contributed by atoms with van der Waals surface area (Å²) in [6, 6.07) is 0.430. The molecule has 0 aliphatic rings. The molecule has 116 valence electrons. The molecule has 1 rings (SSSR count). The van der Waals surface area contributed by atoms with Gasteiger partial charge in [0, 0.05) is 6.04 Å². The molecule has 4 heteroatoms. The first-order valence-corrected chi connectivity index (χ1v) is 8.96. The monoisotopic (exact) mass is 297 g/mol. The van der Waals surface area contributed by atoms with Crippen molar-refractivity contribution < 1.29 is 0 Å². The molecular formula is C16H31N3S. The Balaban J connectivity index is 2.79. The molecule has 2 unspecified atom stereocenters. The lowest BCUT2D eigenvalue weighted by Gasteiger charge is -2.23. The van der Waals surface area contributed by atoms with Crippen LogP contribution in [0.4, 0.5) is 0 Å². The smallest absolute Gasteiger partial charge is 0.0829 e. The number of unbranched alkanes of at least 4 members (excludes halogenated alkanes) is 1. The number of hydrogen-bond acceptors (Lipinski definition) is 4. The number of nitrogens with zero attached hydrogens (tertiary/aromatic N) is 2. The minimum atomic E-state index is 0.430. The Morgan fingerprint density at radius 2 is 1.95 bits per heavy atom. The Labute approximate surface area is 128 Å². The van der Waals surface area contributed by atoms with Gasteiger partial charge in [-0.1, -0.05) is 64.8 Å². The minimum absolute atomic E-state index is 0.430. The first-order valence-electron chi connectivity index (χ1n) is 8.19. The average molecular weight is 298 g/mol. The van der Waals surface area contributed by atoms with Crippen LogP contribution in [0.2, 0.25) is 0 Å². The average Bonchev–Trinajstić information content (AvgIpc) is 2.91. The van der Waals surface area contributed by atoms with Crippen molar-refractivity contribution in [1.29, 1.82) is 0 Å². The third-order valence-corrected chi connectivity index (χ3v) is 4.82. The molecule has 2 atom stereocenters. The van der Waals surface area contributed by atoms with Crippen molar-refractivity contribution >= 4 is 11.5 Å². The van der Waals surface area contributed by atoms with Gasteiger partial charge < -0.3 is 5.32 Å². The minimum Gasteiger partial charge on any atom is -0.309 e. The summed E-state index contributed by atoms with van der Waals surface area (Å²) in [5.41, 5.74) is 1.19. The predicted octanol–water partition coefficient (Wildman–Crippen LogP) is 4.92. The van der Waals surface area contributed by atoms with Crippen LogP contribution in [0.15, 0.2) is 0 Å². The summed E-state index contributed by atoms with van der Waals surface area (Å²) >= 11 is 1.58. The summed E-state index contributed by atoms with van der Waals surface area (Å²) in [4.78, 5) is 1.36. The molecule has 0 aliphatic carbocycles. The molecule has 0 amide bonds. The van der Waals surface area contributed by atoms with E-state index in [-0.39, 0.29) is 0 Å². The summed E-state index contributed by atoms with van der Waals surface area (Å²) in [5, 5.41) is 7.99. The van der Waals surface area contributed by atoms with Gasteiger partial charge in [0.05, 0.1) is 10.6 Å². The highest BCUT2D eigenvalue weighted by Gasteiger charge is 2.23. The van der Waals surface area contributed by atoms with Crippen molar-refractivity contribution in [1.82, 2.24) is 14.9 Å². The lowest BCUT2D eigenvalue weighted by molar-refractivity contribution is 0.358. The quantitative estimate of drug-likeness (QED) is 0.666. The zero-order valence-corrected chi connectivity index (χ0v) is 14.6. The highest BCUT2D eigenvalue weighted by Crippen LogP contribution is 2.32. The zero-order valence-electron chi connectivity index (χ0n) is 13.8. The van der Waals surface area contributed by atoms with Gasteiger partial charge in [-0.05, 0) is 36.3 Å². The van der Waals surface area contributed by atoms with Gasteiger partial charge in [-0.15, -0.1) is 5.10 Å². The zero-order chi connectivity index (χ0) is 15.0. The molecule has 0 spiro atoms. The third kappa shape index (κ3) is 5.13. The number of rotatable bonds is 10. The van der Waals surface area contributed by atoms with E-state index < -0.39 is 0 Å². The topological polar surface area (TPSA) is 37.8 Å². The maximum atomic E-state index is 4.34. The number of nitrogens with one attached hydrogen (secondary N) is 1. The fraction of sp³-hybridized carbons (Fsp3) is 0.875. The fourth-order valence-corrected chi connectivity index (χ4v) is 3.58. The van der Waals surface area contributed by atoms with Crippen molar-refractivity contribution in [3.8, 4) is 0 Å². The molecule has 1 aromatic heterocycles. The van der Waals surface area contributed by atoms with E-state index in [9.17, 15) is 0 Å². The van der Waals surface area contributed by atoms with Crippen LogP contribution in [0, 0.1) is 5.92 Å². The second-order valence-corrected chi connectivity index (χ2v) is 6.73. The fourth-order valence-electron chi connectivity index (χ4n) is 2.69. The van der Waals surface area contributed by atoms with E-state index >= 15 is 0 Å². The molecule has 0 radical (unpaired) electrons. The maximum absolute atomic E-state index is 4.34. The van der Waals surface area contributed by atoms with E-state index in [1.54, 1.807) is 11.5 Å². The molecule has 0 fully saturated rings.